The predicted octanol–water partition coefficient (Wildman–Crippen LogP) is 2.13. The fraction of sp³-hybridized carbons (Fsp3) is 0.357. The minimum Gasteiger partial charge on any atom is -0.497 e. The zero-order chi connectivity index (χ0) is 13.9. The summed E-state index contributed by atoms with van der Waals surface area (Å²) in [6.07, 6.45) is 3.46. The molecule has 1 heterocycles. The predicted molar refractivity (Wildman–Crippen MR) is 73.6 cm³/mol. The molecular formula is C14H18FN3O. The summed E-state index contributed by atoms with van der Waals surface area (Å²) in [6.45, 7) is 6.93. The highest BCUT2D eigenvalue weighted by Gasteiger charge is 2.31. The fourth-order valence-corrected chi connectivity index (χ4v) is 2.04. The number of hydrogen-bond acceptors (Lipinski definition) is 4. The van der Waals surface area contributed by atoms with Crippen molar-refractivity contribution in [2.24, 2.45) is 4.99 Å². The van der Waals surface area contributed by atoms with E-state index in [9.17, 15) is 4.39 Å². The van der Waals surface area contributed by atoms with Gasteiger partial charge in [0.25, 0.3) is 0 Å². The molecule has 2 rings (SSSR count). The van der Waals surface area contributed by atoms with Gasteiger partial charge in [-0.3, -0.25) is 10.3 Å². The lowest BCUT2D eigenvalue weighted by Gasteiger charge is -2.33. The van der Waals surface area contributed by atoms with Crippen molar-refractivity contribution in [1.29, 1.82) is 0 Å². The molecule has 0 saturated carbocycles. The van der Waals surface area contributed by atoms with Crippen LogP contribution in [0.4, 0.5) is 4.39 Å². The molecule has 0 spiro atoms. The van der Waals surface area contributed by atoms with Crippen molar-refractivity contribution in [3.8, 4) is 5.75 Å². The van der Waals surface area contributed by atoms with Crippen LogP contribution in [0.25, 0.3) is 0 Å². The Kier molecular flexibility index (Phi) is 3.85. The molecule has 1 aromatic rings. The van der Waals surface area contributed by atoms with Crippen LogP contribution in [-0.4, -0.2) is 30.6 Å². The first-order chi connectivity index (χ1) is 9.07. The van der Waals surface area contributed by atoms with E-state index in [0.29, 0.717) is 18.8 Å². The number of nitrogens with one attached hydrogen (secondary N) is 1. The number of aliphatic imine (C=N–C) groups is 1. The SMILES string of the molecule is C=CN1C=NCC1(C)NCc1cc(F)cc(OC)c1. The Bertz CT molecular complexity index is 503. The molecule has 0 fully saturated rings. The van der Waals surface area contributed by atoms with Gasteiger partial charge in [0.2, 0.25) is 0 Å². The minimum atomic E-state index is -0.318. The van der Waals surface area contributed by atoms with Crippen LogP contribution in [0.15, 0.2) is 36.0 Å². The monoisotopic (exact) mass is 263 g/mol. The summed E-state index contributed by atoms with van der Waals surface area (Å²) in [5.41, 5.74) is 0.510. The van der Waals surface area contributed by atoms with Crippen molar-refractivity contribution in [1.82, 2.24) is 10.2 Å². The zero-order valence-corrected chi connectivity index (χ0v) is 11.2. The van der Waals surface area contributed by atoms with E-state index in [0.717, 1.165) is 5.56 Å². The first-order valence-corrected chi connectivity index (χ1v) is 6.07. The van der Waals surface area contributed by atoms with Crippen molar-refractivity contribution >= 4 is 6.34 Å². The summed E-state index contributed by atoms with van der Waals surface area (Å²) in [4.78, 5) is 6.13. The summed E-state index contributed by atoms with van der Waals surface area (Å²) in [7, 11) is 1.53. The Morgan fingerprint density at radius 3 is 3.05 bits per heavy atom. The van der Waals surface area contributed by atoms with E-state index in [1.54, 1.807) is 12.5 Å². The zero-order valence-electron chi connectivity index (χ0n) is 11.2. The van der Waals surface area contributed by atoms with E-state index in [2.05, 4.69) is 16.9 Å². The molecule has 0 amide bonds. The van der Waals surface area contributed by atoms with Crippen molar-refractivity contribution in [2.45, 2.75) is 19.1 Å². The highest BCUT2D eigenvalue weighted by molar-refractivity contribution is 5.60. The van der Waals surface area contributed by atoms with Gasteiger partial charge in [-0.2, -0.15) is 0 Å². The van der Waals surface area contributed by atoms with E-state index in [1.807, 2.05) is 17.9 Å². The van der Waals surface area contributed by atoms with Gasteiger partial charge in [0.15, 0.2) is 0 Å². The molecular weight excluding hydrogens is 245 g/mol. The normalized spacial score (nSPS) is 21.7. The molecule has 5 heteroatoms. The standard InChI is InChI=1S/C14H18FN3O/c1-4-18-10-16-9-14(18,2)17-8-11-5-12(15)7-13(6-11)19-3/h4-7,10,17H,1,8-9H2,2-3H3. The lowest BCUT2D eigenvalue weighted by molar-refractivity contribution is 0.229. The van der Waals surface area contributed by atoms with E-state index >= 15 is 0 Å². The molecule has 1 aromatic carbocycles. The second kappa shape index (κ2) is 5.40. The highest BCUT2D eigenvalue weighted by atomic mass is 19.1. The maximum Gasteiger partial charge on any atom is 0.127 e. The van der Waals surface area contributed by atoms with Crippen molar-refractivity contribution in [3.05, 3.63) is 42.4 Å². The third kappa shape index (κ3) is 2.93. The van der Waals surface area contributed by atoms with E-state index in [-0.39, 0.29) is 11.5 Å². The van der Waals surface area contributed by atoms with E-state index in [4.69, 9.17) is 4.74 Å². The van der Waals surface area contributed by atoms with Gasteiger partial charge in [0.05, 0.1) is 20.0 Å². The lowest BCUT2D eigenvalue weighted by atomic mass is 10.1. The Morgan fingerprint density at radius 1 is 1.58 bits per heavy atom. The van der Waals surface area contributed by atoms with Gasteiger partial charge >= 0.3 is 0 Å². The molecule has 0 radical (unpaired) electrons. The summed E-state index contributed by atoms with van der Waals surface area (Å²) < 4.78 is 18.5. The van der Waals surface area contributed by atoms with Crippen LogP contribution in [-0.2, 0) is 6.54 Å². The molecule has 1 N–H and O–H groups in total. The molecule has 1 unspecified atom stereocenters. The number of nitrogens with zero attached hydrogens (tertiary/aromatic N) is 2. The number of hydrogen-bond donors (Lipinski definition) is 1. The molecule has 0 aromatic heterocycles. The van der Waals surface area contributed by atoms with Crippen LogP contribution >= 0.6 is 0 Å². The first-order valence-electron chi connectivity index (χ1n) is 6.07. The van der Waals surface area contributed by atoms with Crippen LogP contribution in [0.5, 0.6) is 5.75 Å². The van der Waals surface area contributed by atoms with Crippen molar-refractivity contribution in [2.75, 3.05) is 13.7 Å². The summed E-state index contributed by atoms with van der Waals surface area (Å²) in [5, 5.41) is 3.36. The Labute approximate surface area is 112 Å². The van der Waals surface area contributed by atoms with Gasteiger partial charge in [-0.05, 0) is 30.8 Å². The lowest BCUT2D eigenvalue weighted by Crippen LogP contribution is -2.52. The van der Waals surface area contributed by atoms with Gasteiger partial charge in [0.1, 0.15) is 17.2 Å². The molecule has 4 nitrogen and oxygen atoms in total. The molecule has 1 aliphatic heterocycles. The summed E-state index contributed by atoms with van der Waals surface area (Å²) in [5.74, 6) is 0.217. The molecule has 0 saturated heterocycles. The van der Waals surface area contributed by atoms with Gasteiger partial charge in [-0.25, -0.2) is 4.39 Å². The maximum absolute atomic E-state index is 13.4. The van der Waals surface area contributed by atoms with Crippen molar-refractivity contribution in [3.63, 3.8) is 0 Å². The van der Waals surface area contributed by atoms with Gasteiger partial charge < -0.3 is 9.64 Å². The molecule has 0 aliphatic carbocycles. The van der Waals surface area contributed by atoms with Crippen LogP contribution in [0.3, 0.4) is 0 Å². The number of ether oxygens (including phenoxy) is 1. The largest absolute Gasteiger partial charge is 0.497 e. The van der Waals surface area contributed by atoms with Crippen LogP contribution in [0.2, 0.25) is 0 Å². The molecule has 102 valence electrons. The third-order valence-corrected chi connectivity index (χ3v) is 3.21. The number of benzene rings is 1. The summed E-state index contributed by atoms with van der Waals surface area (Å²) >= 11 is 0. The van der Waals surface area contributed by atoms with Crippen molar-refractivity contribution < 1.29 is 9.13 Å². The van der Waals surface area contributed by atoms with Gasteiger partial charge in [-0.15, -0.1) is 0 Å². The topological polar surface area (TPSA) is 36.9 Å². The molecule has 1 atom stereocenters. The van der Waals surface area contributed by atoms with Gasteiger partial charge in [-0.1, -0.05) is 6.58 Å². The number of halogens is 1. The van der Waals surface area contributed by atoms with E-state index < -0.39 is 0 Å². The second-order valence-corrected chi connectivity index (χ2v) is 4.67. The van der Waals surface area contributed by atoms with Crippen LogP contribution in [0.1, 0.15) is 12.5 Å². The fourth-order valence-electron chi connectivity index (χ4n) is 2.04. The Balaban J connectivity index is 2.06. The smallest absolute Gasteiger partial charge is 0.127 e. The summed E-state index contributed by atoms with van der Waals surface area (Å²) in [6, 6.07) is 4.67. The third-order valence-electron chi connectivity index (χ3n) is 3.21. The average molecular weight is 263 g/mol. The maximum atomic E-state index is 13.4. The molecule has 0 bridgehead atoms. The first kappa shape index (κ1) is 13.5. The number of methoxy groups -OCH3 is 1. The Morgan fingerprint density at radius 2 is 2.37 bits per heavy atom. The quantitative estimate of drug-likeness (QED) is 0.884. The average Bonchev–Trinajstić information content (AvgIpc) is 2.77. The highest BCUT2D eigenvalue weighted by Crippen LogP contribution is 2.19. The van der Waals surface area contributed by atoms with Gasteiger partial charge in [0, 0.05) is 12.6 Å². The Hall–Kier alpha value is -1.88. The van der Waals surface area contributed by atoms with E-state index in [1.165, 1.54) is 19.2 Å². The molecule has 1 aliphatic rings. The number of rotatable bonds is 5. The van der Waals surface area contributed by atoms with Crippen LogP contribution < -0.4 is 10.1 Å². The second-order valence-electron chi connectivity index (χ2n) is 4.67. The molecule has 19 heavy (non-hydrogen) atoms. The minimum absolute atomic E-state index is 0.301. The van der Waals surface area contributed by atoms with Crippen LogP contribution in [0, 0.1) is 5.82 Å².